The maximum absolute atomic E-state index is 6.05. The van der Waals surface area contributed by atoms with Crippen molar-refractivity contribution in [3.05, 3.63) is 23.8 Å². The van der Waals surface area contributed by atoms with Crippen LogP contribution in [0.3, 0.4) is 0 Å². The molecule has 1 unspecified atom stereocenters. The lowest BCUT2D eigenvalue weighted by molar-refractivity contribution is -0.00598. The molecule has 3 nitrogen and oxygen atoms in total. The molecule has 0 amide bonds. The average molecular weight is 252 g/mol. The molecule has 1 atom stereocenters. The number of morpholine rings is 1. The van der Waals surface area contributed by atoms with Gasteiger partial charge in [-0.2, -0.15) is 0 Å². The first-order chi connectivity index (χ1) is 8.16. The van der Waals surface area contributed by atoms with Crippen molar-refractivity contribution in [2.75, 3.05) is 38.2 Å². The molecule has 1 aromatic carbocycles. The van der Waals surface area contributed by atoms with Crippen LogP contribution in [0.1, 0.15) is 5.56 Å². The molecule has 0 spiro atoms. The molecule has 17 heavy (non-hydrogen) atoms. The number of nitrogen functional groups attached to an aromatic ring is 1. The zero-order valence-corrected chi connectivity index (χ0v) is 11.3. The Labute approximate surface area is 107 Å². The third kappa shape index (κ3) is 3.37. The highest BCUT2D eigenvalue weighted by molar-refractivity contribution is 7.99. The summed E-state index contributed by atoms with van der Waals surface area (Å²) in [5, 5.41) is 0. The van der Waals surface area contributed by atoms with Crippen LogP contribution in [0.4, 0.5) is 5.69 Å². The minimum absolute atomic E-state index is 0.318. The van der Waals surface area contributed by atoms with E-state index in [0.29, 0.717) is 6.10 Å². The first-order valence-electron chi connectivity index (χ1n) is 5.95. The number of thioether (sulfide) groups is 1. The molecule has 0 bridgehead atoms. The van der Waals surface area contributed by atoms with E-state index in [1.807, 2.05) is 13.0 Å². The fourth-order valence-electron chi connectivity index (χ4n) is 1.93. The molecular weight excluding hydrogens is 232 g/mol. The zero-order chi connectivity index (χ0) is 12.3. The van der Waals surface area contributed by atoms with Crippen molar-refractivity contribution in [1.82, 2.24) is 4.90 Å². The van der Waals surface area contributed by atoms with Gasteiger partial charge in [-0.3, -0.25) is 0 Å². The molecule has 1 aromatic rings. The second-order valence-corrected chi connectivity index (χ2v) is 5.61. The Morgan fingerprint density at radius 2 is 2.35 bits per heavy atom. The predicted molar refractivity (Wildman–Crippen MR) is 73.6 cm³/mol. The van der Waals surface area contributed by atoms with Crippen LogP contribution in [0.15, 0.2) is 23.1 Å². The van der Waals surface area contributed by atoms with E-state index >= 15 is 0 Å². The molecular formula is C13H20N2OS. The summed E-state index contributed by atoms with van der Waals surface area (Å²) in [6, 6.07) is 6.19. The molecule has 1 saturated heterocycles. The van der Waals surface area contributed by atoms with Crippen LogP contribution in [0.5, 0.6) is 0 Å². The highest BCUT2D eigenvalue weighted by atomic mass is 32.2. The van der Waals surface area contributed by atoms with E-state index in [0.717, 1.165) is 36.7 Å². The van der Waals surface area contributed by atoms with Crippen LogP contribution in [-0.4, -0.2) is 43.5 Å². The highest BCUT2D eigenvalue weighted by Crippen LogP contribution is 2.28. The lowest BCUT2D eigenvalue weighted by atomic mass is 10.2. The molecule has 0 saturated carbocycles. The van der Waals surface area contributed by atoms with Crippen LogP contribution in [0.2, 0.25) is 0 Å². The molecule has 1 aliphatic heterocycles. The number of benzene rings is 1. The van der Waals surface area contributed by atoms with Crippen LogP contribution < -0.4 is 5.73 Å². The number of nitrogens with zero attached hydrogens (tertiary/aromatic N) is 1. The minimum atomic E-state index is 0.318. The maximum Gasteiger partial charge on any atom is 0.0796 e. The van der Waals surface area contributed by atoms with Crippen molar-refractivity contribution < 1.29 is 4.74 Å². The van der Waals surface area contributed by atoms with Crippen molar-refractivity contribution in [3.63, 3.8) is 0 Å². The quantitative estimate of drug-likeness (QED) is 0.659. The highest BCUT2D eigenvalue weighted by Gasteiger charge is 2.18. The van der Waals surface area contributed by atoms with Crippen molar-refractivity contribution >= 4 is 17.4 Å². The summed E-state index contributed by atoms with van der Waals surface area (Å²) in [6.45, 7) is 4.93. The number of likely N-dealkylation sites (N-methyl/N-ethyl adjacent to an activating group) is 1. The molecule has 0 aliphatic carbocycles. The fourth-order valence-corrected chi connectivity index (χ4v) is 2.99. The van der Waals surface area contributed by atoms with E-state index in [-0.39, 0.29) is 0 Å². The number of hydrogen-bond donors (Lipinski definition) is 1. The van der Waals surface area contributed by atoms with Gasteiger partial charge < -0.3 is 15.4 Å². The number of ether oxygens (including phenoxy) is 1. The van der Waals surface area contributed by atoms with E-state index in [1.165, 1.54) is 4.90 Å². The number of rotatable bonds is 3. The van der Waals surface area contributed by atoms with Crippen LogP contribution in [0.25, 0.3) is 0 Å². The van der Waals surface area contributed by atoms with Crippen molar-refractivity contribution in [3.8, 4) is 0 Å². The summed E-state index contributed by atoms with van der Waals surface area (Å²) in [5.74, 6) is 0.970. The van der Waals surface area contributed by atoms with Gasteiger partial charge in [-0.15, -0.1) is 11.8 Å². The second-order valence-electron chi connectivity index (χ2n) is 4.55. The number of hydrogen-bond acceptors (Lipinski definition) is 4. The summed E-state index contributed by atoms with van der Waals surface area (Å²) in [5.41, 5.74) is 8.11. The monoisotopic (exact) mass is 252 g/mol. The van der Waals surface area contributed by atoms with E-state index in [4.69, 9.17) is 10.5 Å². The average Bonchev–Trinajstić information content (AvgIpc) is 2.31. The molecule has 1 heterocycles. The molecule has 1 fully saturated rings. The van der Waals surface area contributed by atoms with E-state index < -0.39 is 0 Å². The third-order valence-electron chi connectivity index (χ3n) is 3.05. The molecule has 94 valence electrons. The topological polar surface area (TPSA) is 38.5 Å². The Morgan fingerprint density at radius 3 is 3.12 bits per heavy atom. The Hall–Kier alpha value is -0.710. The number of nitrogens with two attached hydrogens (primary N) is 1. The first-order valence-corrected chi connectivity index (χ1v) is 6.93. The Morgan fingerprint density at radius 1 is 1.53 bits per heavy atom. The van der Waals surface area contributed by atoms with Gasteiger partial charge >= 0.3 is 0 Å². The fraction of sp³-hybridized carbons (Fsp3) is 0.538. The van der Waals surface area contributed by atoms with Gasteiger partial charge in [0, 0.05) is 29.4 Å². The molecule has 4 heteroatoms. The molecule has 2 rings (SSSR count). The molecule has 0 radical (unpaired) electrons. The lowest BCUT2D eigenvalue weighted by Gasteiger charge is -2.29. The van der Waals surface area contributed by atoms with Gasteiger partial charge in [-0.05, 0) is 25.6 Å². The first kappa shape index (κ1) is 12.7. The molecule has 0 aromatic heterocycles. The van der Waals surface area contributed by atoms with Crippen LogP contribution in [-0.2, 0) is 4.74 Å². The standard InChI is InChI=1S/C13H20N2OS/c1-10-4-3-5-12(13(10)14)17-9-11-8-15(2)6-7-16-11/h3-5,11H,6-9,14H2,1-2H3. The smallest absolute Gasteiger partial charge is 0.0796 e. The largest absolute Gasteiger partial charge is 0.398 e. The molecule has 2 N–H and O–H groups in total. The van der Waals surface area contributed by atoms with Crippen molar-refractivity contribution in [2.45, 2.75) is 17.9 Å². The summed E-state index contributed by atoms with van der Waals surface area (Å²) in [4.78, 5) is 3.48. The number of anilines is 1. The number of aryl methyl sites for hydroxylation is 1. The molecule has 1 aliphatic rings. The second kappa shape index (κ2) is 5.76. The van der Waals surface area contributed by atoms with Crippen LogP contribution in [0, 0.1) is 6.92 Å². The van der Waals surface area contributed by atoms with Crippen molar-refractivity contribution in [1.29, 1.82) is 0 Å². The van der Waals surface area contributed by atoms with Crippen molar-refractivity contribution in [2.24, 2.45) is 0 Å². The maximum atomic E-state index is 6.05. The van der Waals surface area contributed by atoms with E-state index in [2.05, 4.69) is 24.1 Å². The zero-order valence-electron chi connectivity index (χ0n) is 10.5. The van der Waals surface area contributed by atoms with Gasteiger partial charge in [0.15, 0.2) is 0 Å². The van der Waals surface area contributed by atoms with Gasteiger partial charge in [0.25, 0.3) is 0 Å². The van der Waals surface area contributed by atoms with E-state index in [1.54, 1.807) is 11.8 Å². The van der Waals surface area contributed by atoms with E-state index in [9.17, 15) is 0 Å². The van der Waals surface area contributed by atoms with Gasteiger partial charge in [0.1, 0.15) is 0 Å². The summed E-state index contributed by atoms with van der Waals surface area (Å²) >= 11 is 1.79. The predicted octanol–water partition coefficient (Wildman–Crippen LogP) is 2.00. The summed E-state index contributed by atoms with van der Waals surface area (Å²) < 4.78 is 5.74. The van der Waals surface area contributed by atoms with Crippen LogP contribution >= 0.6 is 11.8 Å². The minimum Gasteiger partial charge on any atom is -0.398 e. The van der Waals surface area contributed by atoms with Gasteiger partial charge in [0.2, 0.25) is 0 Å². The Balaban J connectivity index is 1.91. The Kier molecular flexibility index (Phi) is 4.31. The lowest BCUT2D eigenvalue weighted by Crippen LogP contribution is -2.41. The summed E-state index contributed by atoms with van der Waals surface area (Å²) in [6.07, 6.45) is 0.318. The van der Waals surface area contributed by atoms with Gasteiger partial charge in [-0.1, -0.05) is 12.1 Å². The van der Waals surface area contributed by atoms with Gasteiger partial charge in [0.05, 0.1) is 12.7 Å². The third-order valence-corrected chi connectivity index (χ3v) is 4.26. The SMILES string of the molecule is Cc1cccc(SCC2CN(C)CCO2)c1N. The summed E-state index contributed by atoms with van der Waals surface area (Å²) in [7, 11) is 2.14. The number of para-hydroxylation sites is 1. The van der Waals surface area contributed by atoms with Gasteiger partial charge in [-0.25, -0.2) is 0 Å². The normalized spacial score (nSPS) is 21.6. The Bertz CT molecular complexity index is 384.